The minimum Gasteiger partial charge on any atom is -0.497 e. The number of ketones is 1. The third kappa shape index (κ3) is 5.05. The first-order valence-electron chi connectivity index (χ1n) is 5.46. The van der Waals surface area contributed by atoms with Crippen molar-refractivity contribution in [1.29, 1.82) is 5.41 Å². The van der Waals surface area contributed by atoms with Crippen LogP contribution in [-0.4, -0.2) is 24.2 Å². The highest BCUT2D eigenvalue weighted by Gasteiger charge is 2.06. The van der Waals surface area contributed by atoms with Gasteiger partial charge in [0.15, 0.2) is 5.88 Å². The number of benzene rings is 1. The van der Waals surface area contributed by atoms with Crippen LogP contribution in [0.5, 0.6) is 5.75 Å². The van der Waals surface area contributed by atoms with Crippen LogP contribution in [-0.2, 0) is 16.1 Å². The van der Waals surface area contributed by atoms with Gasteiger partial charge in [-0.15, -0.1) is 11.8 Å². The van der Waals surface area contributed by atoms with E-state index >= 15 is 0 Å². The van der Waals surface area contributed by atoms with E-state index in [-0.39, 0.29) is 17.5 Å². The molecule has 0 atom stereocenters. The highest BCUT2D eigenvalue weighted by Crippen LogP contribution is 2.12. The Kier molecular flexibility index (Phi) is 5.95. The van der Waals surface area contributed by atoms with Crippen molar-refractivity contribution in [2.45, 2.75) is 6.61 Å². The quantitative estimate of drug-likeness (QED) is 0.360. The van der Waals surface area contributed by atoms with Crippen LogP contribution in [0.3, 0.4) is 0 Å². The average molecular weight is 280 g/mol. The number of thioether (sulfide) groups is 1. The lowest BCUT2D eigenvalue weighted by Gasteiger charge is -2.06. The van der Waals surface area contributed by atoms with Crippen LogP contribution < -0.4 is 10.5 Å². The predicted octanol–water partition coefficient (Wildman–Crippen LogP) is 1.92. The molecule has 0 unspecified atom stereocenters. The van der Waals surface area contributed by atoms with Crippen molar-refractivity contribution in [1.82, 2.24) is 0 Å². The van der Waals surface area contributed by atoms with E-state index < -0.39 is 5.78 Å². The third-order valence-electron chi connectivity index (χ3n) is 2.27. The van der Waals surface area contributed by atoms with Crippen molar-refractivity contribution >= 4 is 22.6 Å². The zero-order chi connectivity index (χ0) is 14.3. The predicted molar refractivity (Wildman–Crippen MR) is 76.3 cm³/mol. The summed E-state index contributed by atoms with van der Waals surface area (Å²) in [4.78, 5) is 11.4. The summed E-state index contributed by atoms with van der Waals surface area (Å²) in [6, 6.07) is 7.32. The van der Waals surface area contributed by atoms with E-state index in [1.807, 2.05) is 24.3 Å². The van der Waals surface area contributed by atoms with Gasteiger partial charge in [-0.3, -0.25) is 10.2 Å². The van der Waals surface area contributed by atoms with Crippen molar-refractivity contribution in [3.63, 3.8) is 0 Å². The van der Waals surface area contributed by atoms with Gasteiger partial charge >= 0.3 is 0 Å². The van der Waals surface area contributed by atoms with Gasteiger partial charge in [-0.05, 0) is 24.0 Å². The molecule has 0 aromatic heterocycles. The Morgan fingerprint density at radius 1 is 1.42 bits per heavy atom. The standard InChI is InChI=1S/C13H16N2O3S/c1-17-10-5-3-9(4-6-10)8-18-12(14)7-11(16)13(15)19-2/h3-7,15H,8,14H2,1-2H3/b12-7+,15-13?. The van der Waals surface area contributed by atoms with Gasteiger partial charge < -0.3 is 15.2 Å². The molecule has 0 saturated carbocycles. The SMILES string of the molecule is COc1ccc(CO/C(N)=C/C(=O)C(=N)SC)cc1. The van der Waals surface area contributed by atoms with E-state index in [1.54, 1.807) is 13.4 Å². The second-order valence-electron chi connectivity index (χ2n) is 3.58. The number of allylic oxidation sites excluding steroid dienone is 1. The van der Waals surface area contributed by atoms with Crippen molar-refractivity contribution in [3.05, 3.63) is 41.8 Å². The second kappa shape index (κ2) is 7.48. The molecule has 0 aliphatic carbocycles. The molecule has 1 aromatic rings. The lowest BCUT2D eigenvalue weighted by Crippen LogP contribution is -2.11. The Morgan fingerprint density at radius 3 is 2.58 bits per heavy atom. The normalized spacial score (nSPS) is 10.9. The number of hydrogen-bond donors (Lipinski definition) is 2. The van der Waals surface area contributed by atoms with E-state index in [0.717, 1.165) is 29.2 Å². The molecule has 1 rings (SSSR count). The molecule has 0 aliphatic heterocycles. The molecule has 6 heteroatoms. The fourth-order valence-electron chi connectivity index (χ4n) is 1.23. The summed E-state index contributed by atoms with van der Waals surface area (Å²) < 4.78 is 10.3. The molecule has 1 aromatic carbocycles. The molecule has 0 fully saturated rings. The molecule has 0 amide bonds. The van der Waals surface area contributed by atoms with Gasteiger partial charge in [-0.25, -0.2) is 0 Å². The van der Waals surface area contributed by atoms with Gasteiger partial charge in [0.2, 0.25) is 5.78 Å². The summed E-state index contributed by atoms with van der Waals surface area (Å²) in [5.41, 5.74) is 6.47. The molecule has 0 bridgehead atoms. The minimum atomic E-state index is -0.459. The van der Waals surface area contributed by atoms with Crippen molar-refractivity contribution in [2.75, 3.05) is 13.4 Å². The fourth-order valence-corrected chi connectivity index (χ4v) is 1.49. The van der Waals surface area contributed by atoms with Gasteiger partial charge in [0.25, 0.3) is 0 Å². The maximum absolute atomic E-state index is 11.4. The van der Waals surface area contributed by atoms with Gasteiger partial charge in [-0.1, -0.05) is 12.1 Å². The molecule has 5 nitrogen and oxygen atoms in total. The van der Waals surface area contributed by atoms with E-state index in [2.05, 4.69) is 0 Å². The zero-order valence-electron chi connectivity index (χ0n) is 10.8. The molecule has 0 heterocycles. The number of carbonyl (C=O) groups excluding carboxylic acids is 1. The highest BCUT2D eigenvalue weighted by molar-refractivity contribution is 8.15. The Balaban J connectivity index is 2.53. The van der Waals surface area contributed by atoms with Crippen LogP contribution in [0.15, 0.2) is 36.2 Å². The van der Waals surface area contributed by atoms with Crippen LogP contribution in [0.1, 0.15) is 5.56 Å². The molecule has 0 aliphatic rings. The van der Waals surface area contributed by atoms with E-state index in [4.69, 9.17) is 20.6 Å². The number of nitrogens with one attached hydrogen (secondary N) is 1. The number of carbonyl (C=O) groups is 1. The van der Waals surface area contributed by atoms with Crippen LogP contribution in [0.4, 0.5) is 0 Å². The van der Waals surface area contributed by atoms with Crippen molar-refractivity contribution in [3.8, 4) is 5.75 Å². The lowest BCUT2D eigenvalue weighted by molar-refractivity contribution is -0.108. The van der Waals surface area contributed by atoms with E-state index in [1.165, 1.54) is 0 Å². The maximum atomic E-state index is 11.4. The second-order valence-corrected chi connectivity index (χ2v) is 4.40. The highest BCUT2D eigenvalue weighted by atomic mass is 32.2. The molecular formula is C13H16N2O3S. The summed E-state index contributed by atoms with van der Waals surface area (Å²) in [6.45, 7) is 0.256. The number of ether oxygens (including phenoxy) is 2. The largest absolute Gasteiger partial charge is 0.497 e. The number of nitrogens with two attached hydrogens (primary N) is 1. The fraction of sp³-hybridized carbons (Fsp3) is 0.231. The van der Waals surface area contributed by atoms with Crippen molar-refractivity contribution in [2.24, 2.45) is 5.73 Å². The molecule has 3 N–H and O–H groups in total. The minimum absolute atomic E-state index is 0.000354. The van der Waals surface area contributed by atoms with E-state index in [9.17, 15) is 4.79 Å². The smallest absolute Gasteiger partial charge is 0.215 e. The molecule has 0 radical (unpaired) electrons. The summed E-state index contributed by atoms with van der Waals surface area (Å²) >= 11 is 1.06. The van der Waals surface area contributed by atoms with Crippen LogP contribution in [0.2, 0.25) is 0 Å². The Morgan fingerprint density at radius 2 is 2.05 bits per heavy atom. The topological polar surface area (TPSA) is 85.4 Å². The number of hydrogen-bond acceptors (Lipinski definition) is 6. The molecular weight excluding hydrogens is 264 g/mol. The molecule has 0 spiro atoms. The van der Waals surface area contributed by atoms with Gasteiger partial charge in [0.05, 0.1) is 7.11 Å². The summed E-state index contributed by atoms with van der Waals surface area (Å²) in [5.74, 6) is 0.301. The number of rotatable bonds is 6. The maximum Gasteiger partial charge on any atom is 0.215 e. The van der Waals surface area contributed by atoms with Gasteiger partial charge in [-0.2, -0.15) is 0 Å². The number of methoxy groups -OCH3 is 1. The first kappa shape index (κ1) is 15.1. The Labute approximate surface area is 116 Å². The van der Waals surface area contributed by atoms with Gasteiger partial charge in [0.1, 0.15) is 17.4 Å². The summed E-state index contributed by atoms with van der Waals surface area (Å²) in [6.07, 6.45) is 2.77. The third-order valence-corrected chi connectivity index (χ3v) is 2.88. The van der Waals surface area contributed by atoms with Crippen LogP contribution in [0.25, 0.3) is 0 Å². The van der Waals surface area contributed by atoms with E-state index in [0.29, 0.717) is 0 Å². The first-order valence-corrected chi connectivity index (χ1v) is 6.69. The van der Waals surface area contributed by atoms with Crippen molar-refractivity contribution < 1.29 is 14.3 Å². The molecule has 0 saturated heterocycles. The Hall–Kier alpha value is -1.95. The average Bonchev–Trinajstić information content (AvgIpc) is 2.44. The molecule has 102 valence electrons. The monoisotopic (exact) mass is 280 g/mol. The Bertz CT molecular complexity index is 483. The zero-order valence-corrected chi connectivity index (χ0v) is 11.6. The summed E-state index contributed by atoms with van der Waals surface area (Å²) in [7, 11) is 1.60. The van der Waals surface area contributed by atoms with Gasteiger partial charge in [0, 0.05) is 6.08 Å². The van der Waals surface area contributed by atoms with Crippen LogP contribution in [0, 0.1) is 5.41 Å². The first-order chi connectivity index (χ1) is 9.06. The summed E-state index contributed by atoms with van der Waals surface area (Å²) in [5, 5.41) is 7.25. The molecule has 19 heavy (non-hydrogen) atoms. The van der Waals surface area contributed by atoms with Crippen LogP contribution >= 0.6 is 11.8 Å². The lowest BCUT2D eigenvalue weighted by atomic mass is 10.2.